The van der Waals surface area contributed by atoms with E-state index >= 15 is 0 Å². The molecule has 3 N–H and O–H groups in total. The Balaban J connectivity index is 0.00000363. The van der Waals surface area contributed by atoms with Crippen molar-refractivity contribution in [2.24, 2.45) is 4.99 Å². The van der Waals surface area contributed by atoms with Crippen LogP contribution in [-0.4, -0.2) is 49.8 Å². The van der Waals surface area contributed by atoms with Crippen molar-refractivity contribution in [1.29, 1.82) is 0 Å². The molecule has 1 aromatic heterocycles. The first-order chi connectivity index (χ1) is 14.8. The van der Waals surface area contributed by atoms with Gasteiger partial charge in [0.2, 0.25) is 0 Å². The number of nitrogens with one attached hydrogen (secondary N) is 2. The second-order valence-electron chi connectivity index (χ2n) is 7.88. The molecule has 0 bridgehead atoms. The molecule has 2 heterocycles. The lowest BCUT2D eigenvalue weighted by Crippen LogP contribution is -2.42. The van der Waals surface area contributed by atoms with Gasteiger partial charge in [0.15, 0.2) is 12.6 Å². The third kappa shape index (κ3) is 6.38. The lowest BCUT2D eigenvalue weighted by Gasteiger charge is -2.29. The first kappa shape index (κ1) is 26.0. The number of anilines is 1. The van der Waals surface area contributed by atoms with E-state index in [0.29, 0.717) is 31.4 Å². The summed E-state index contributed by atoms with van der Waals surface area (Å²) in [6.45, 7) is 9.60. The summed E-state index contributed by atoms with van der Waals surface area (Å²) in [4.78, 5) is 18.6. The normalized spacial score (nSPS) is 15.3. The first-order valence-corrected chi connectivity index (χ1v) is 10.7. The predicted molar refractivity (Wildman–Crippen MR) is 136 cm³/mol. The molecule has 176 valence electrons. The fourth-order valence-corrected chi connectivity index (χ4v) is 3.67. The second-order valence-corrected chi connectivity index (χ2v) is 7.88. The van der Waals surface area contributed by atoms with Crippen molar-refractivity contribution in [2.75, 3.05) is 37.7 Å². The summed E-state index contributed by atoms with van der Waals surface area (Å²) in [5.41, 5.74) is 0.420. The molecule has 32 heavy (non-hydrogen) atoms. The minimum Gasteiger partial charge on any atom is -0.482 e. The van der Waals surface area contributed by atoms with Crippen molar-refractivity contribution < 1.29 is 19.1 Å². The number of aryl methyl sites for hydroxylation is 2. The number of fused-ring (bicyclic) bond motifs is 1. The van der Waals surface area contributed by atoms with E-state index < -0.39 is 5.60 Å². The van der Waals surface area contributed by atoms with Crippen LogP contribution in [-0.2, 0) is 10.4 Å². The largest absolute Gasteiger partial charge is 0.482 e. The predicted octanol–water partition coefficient (Wildman–Crippen LogP) is 3.09. The van der Waals surface area contributed by atoms with Gasteiger partial charge in [-0.2, -0.15) is 0 Å². The number of guanidine groups is 1. The number of nitrogens with zero attached hydrogens (tertiary/aromatic N) is 2. The molecule has 1 unspecified atom stereocenters. The highest BCUT2D eigenvalue weighted by molar-refractivity contribution is 14.0. The molecule has 1 aromatic carbocycles. The van der Waals surface area contributed by atoms with Crippen LogP contribution in [0.25, 0.3) is 0 Å². The standard InChI is InChI=1S/C23H32N4O4.HI/c1-5-24-22(26-15-23(4,29)18-13-16(2)31-17(18)3)25-11-8-12-27-19-9-6-7-10-20(19)30-14-21(27)28;/h6-7,9-10,13,29H,5,8,11-12,14-15H2,1-4H3,(H2,24,25,26);1H. The summed E-state index contributed by atoms with van der Waals surface area (Å²) in [5, 5.41) is 17.4. The Morgan fingerprint density at radius 1 is 1.28 bits per heavy atom. The van der Waals surface area contributed by atoms with Crippen molar-refractivity contribution >= 4 is 41.5 Å². The maximum absolute atomic E-state index is 12.3. The van der Waals surface area contributed by atoms with E-state index in [9.17, 15) is 9.90 Å². The summed E-state index contributed by atoms with van der Waals surface area (Å²) in [6.07, 6.45) is 0.737. The molecule has 0 saturated heterocycles. The molecule has 0 radical (unpaired) electrons. The van der Waals surface area contributed by atoms with Gasteiger partial charge in [-0.15, -0.1) is 24.0 Å². The Bertz CT molecular complexity index is 942. The van der Waals surface area contributed by atoms with Crippen LogP contribution in [0.15, 0.2) is 39.7 Å². The van der Waals surface area contributed by atoms with Crippen LogP contribution in [0.4, 0.5) is 5.69 Å². The van der Waals surface area contributed by atoms with E-state index in [4.69, 9.17) is 9.15 Å². The van der Waals surface area contributed by atoms with Gasteiger partial charge in [-0.25, -0.2) is 4.99 Å². The summed E-state index contributed by atoms with van der Waals surface area (Å²) in [5.74, 6) is 2.78. The van der Waals surface area contributed by atoms with E-state index in [-0.39, 0.29) is 43.0 Å². The number of carbonyl (C=O) groups excluding carboxylic acids is 1. The Kier molecular flexibility index (Phi) is 9.38. The molecule has 0 spiro atoms. The van der Waals surface area contributed by atoms with E-state index in [2.05, 4.69) is 15.6 Å². The van der Waals surface area contributed by atoms with Gasteiger partial charge in [-0.3, -0.25) is 4.79 Å². The Morgan fingerprint density at radius 3 is 2.72 bits per heavy atom. The Labute approximate surface area is 206 Å². The molecule has 2 aromatic rings. The fraction of sp³-hybridized carbons (Fsp3) is 0.478. The molecule has 0 saturated carbocycles. The van der Waals surface area contributed by atoms with Crippen LogP contribution < -0.4 is 20.3 Å². The number of para-hydroxylation sites is 2. The third-order valence-corrected chi connectivity index (χ3v) is 5.17. The number of aliphatic imine (C=N–C) groups is 1. The number of ether oxygens (including phenoxy) is 1. The van der Waals surface area contributed by atoms with Crippen molar-refractivity contribution in [3.63, 3.8) is 0 Å². The molecule has 1 amide bonds. The topological polar surface area (TPSA) is 99.3 Å². The highest BCUT2D eigenvalue weighted by atomic mass is 127. The molecule has 3 rings (SSSR count). The fourth-order valence-electron chi connectivity index (χ4n) is 3.67. The van der Waals surface area contributed by atoms with Crippen LogP contribution in [0, 0.1) is 13.8 Å². The average molecular weight is 556 g/mol. The van der Waals surface area contributed by atoms with Crippen molar-refractivity contribution in [3.05, 3.63) is 47.4 Å². The number of carbonyl (C=O) groups is 1. The van der Waals surface area contributed by atoms with Gasteiger partial charge in [0.05, 0.1) is 12.2 Å². The highest BCUT2D eigenvalue weighted by Gasteiger charge is 2.28. The van der Waals surface area contributed by atoms with E-state index in [1.165, 1.54) is 0 Å². The van der Waals surface area contributed by atoms with Gasteiger partial charge in [-0.1, -0.05) is 12.1 Å². The summed E-state index contributed by atoms with van der Waals surface area (Å²) < 4.78 is 11.0. The summed E-state index contributed by atoms with van der Waals surface area (Å²) >= 11 is 0. The maximum Gasteiger partial charge on any atom is 0.265 e. The van der Waals surface area contributed by atoms with Crippen molar-refractivity contribution in [2.45, 2.75) is 39.7 Å². The molecule has 1 aliphatic heterocycles. The van der Waals surface area contributed by atoms with Crippen LogP contribution in [0.3, 0.4) is 0 Å². The zero-order valence-electron chi connectivity index (χ0n) is 19.1. The van der Waals surface area contributed by atoms with Gasteiger partial charge in [0.1, 0.15) is 22.9 Å². The van der Waals surface area contributed by atoms with Crippen LogP contribution in [0.5, 0.6) is 5.75 Å². The smallest absolute Gasteiger partial charge is 0.265 e. The van der Waals surface area contributed by atoms with Crippen LogP contribution in [0.1, 0.15) is 37.4 Å². The third-order valence-electron chi connectivity index (χ3n) is 5.17. The lowest BCUT2D eigenvalue weighted by molar-refractivity contribution is -0.121. The quantitative estimate of drug-likeness (QED) is 0.200. The van der Waals surface area contributed by atoms with Crippen molar-refractivity contribution in [3.8, 4) is 5.75 Å². The van der Waals surface area contributed by atoms with Gasteiger partial charge in [0.25, 0.3) is 5.91 Å². The van der Waals surface area contributed by atoms with Crippen molar-refractivity contribution in [1.82, 2.24) is 10.6 Å². The van der Waals surface area contributed by atoms with E-state index in [1.807, 2.05) is 51.1 Å². The van der Waals surface area contributed by atoms with Gasteiger partial charge in [-0.05, 0) is 52.3 Å². The molecule has 9 heteroatoms. The molecule has 8 nitrogen and oxygen atoms in total. The van der Waals surface area contributed by atoms with Crippen LogP contribution in [0.2, 0.25) is 0 Å². The molecule has 0 fully saturated rings. The van der Waals surface area contributed by atoms with E-state index in [1.54, 1.807) is 11.8 Å². The summed E-state index contributed by atoms with van der Waals surface area (Å²) in [7, 11) is 0. The number of benzene rings is 1. The number of furan rings is 1. The number of amides is 1. The zero-order chi connectivity index (χ0) is 22.4. The number of rotatable bonds is 8. The molecular formula is C23H33IN4O4. The van der Waals surface area contributed by atoms with Gasteiger partial charge in [0, 0.05) is 25.2 Å². The minimum atomic E-state index is -1.13. The van der Waals surface area contributed by atoms with Gasteiger partial charge < -0.3 is 29.8 Å². The number of hydrogen-bond acceptors (Lipinski definition) is 5. The van der Waals surface area contributed by atoms with Crippen LogP contribution >= 0.6 is 24.0 Å². The number of halogens is 1. The molecular weight excluding hydrogens is 523 g/mol. The zero-order valence-corrected chi connectivity index (χ0v) is 21.4. The molecule has 1 atom stereocenters. The number of aliphatic hydroxyl groups is 1. The number of hydrogen-bond donors (Lipinski definition) is 3. The minimum absolute atomic E-state index is 0. The highest BCUT2D eigenvalue weighted by Crippen LogP contribution is 2.31. The Morgan fingerprint density at radius 2 is 2.03 bits per heavy atom. The monoisotopic (exact) mass is 556 g/mol. The SMILES string of the molecule is CCNC(=NCC(C)(O)c1cc(C)oc1C)NCCCN1C(=O)COc2ccccc21.I. The average Bonchev–Trinajstić information content (AvgIpc) is 3.09. The molecule has 0 aliphatic carbocycles. The lowest BCUT2D eigenvalue weighted by atomic mass is 9.96. The second kappa shape index (κ2) is 11.6. The van der Waals surface area contributed by atoms with E-state index in [0.717, 1.165) is 29.2 Å². The first-order valence-electron chi connectivity index (χ1n) is 10.7. The Hall–Kier alpha value is -2.27. The summed E-state index contributed by atoms with van der Waals surface area (Å²) in [6, 6.07) is 9.42. The molecule has 1 aliphatic rings. The van der Waals surface area contributed by atoms with Gasteiger partial charge >= 0.3 is 0 Å². The maximum atomic E-state index is 12.3.